The summed E-state index contributed by atoms with van der Waals surface area (Å²) in [6, 6.07) is 8.35. The highest BCUT2D eigenvalue weighted by Gasteiger charge is 2.12. The maximum atomic E-state index is 7.44. The average molecular weight is 261 g/mol. The first-order valence-corrected chi connectivity index (χ1v) is 7.10. The summed E-state index contributed by atoms with van der Waals surface area (Å²) in [6.07, 6.45) is 2.70. The van der Waals surface area contributed by atoms with Crippen molar-refractivity contribution in [3.05, 3.63) is 35.4 Å². The molecule has 0 bridgehead atoms. The maximum absolute atomic E-state index is 7.44. The smallest absolute Gasteiger partial charge is 0.133 e. The van der Waals surface area contributed by atoms with E-state index < -0.39 is 6.18 Å². The first kappa shape index (κ1) is 8.87. The summed E-state index contributed by atoms with van der Waals surface area (Å²) in [6.45, 7) is 0. The predicted octanol–water partition coefficient (Wildman–Crippen LogP) is 4.45. The third-order valence-electron chi connectivity index (χ3n) is 3.69. The van der Waals surface area contributed by atoms with Crippen molar-refractivity contribution in [2.24, 2.45) is 0 Å². The second-order valence-corrected chi connectivity index (χ2v) is 5.42. The number of hydrogen-bond donors (Lipinski definition) is 0. The van der Waals surface area contributed by atoms with Gasteiger partial charge in [0.1, 0.15) is 5.75 Å². The highest BCUT2D eigenvalue weighted by atomic mass is 32.2. The van der Waals surface area contributed by atoms with Crippen molar-refractivity contribution in [2.45, 2.75) is 30.6 Å². The Balaban J connectivity index is 2.12. The zero-order valence-electron chi connectivity index (χ0n) is 13.5. The van der Waals surface area contributed by atoms with Crippen LogP contribution < -0.4 is 4.74 Å². The Kier molecular flexibility index (Phi) is 2.39. The van der Waals surface area contributed by atoms with E-state index in [1.54, 1.807) is 7.11 Å². The van der Waals surface area contributed by atoms with Crippen molar-refractivity contribution in [3.8, 4) is 5.75 Å². The Morgan fingerprint density at radius 3 is 2.44 bits per heavy atom. The minimum Gasteiger partial charge on any atom is -0.496 e. The minimum atomic E-state index is -2.06. The summed E-state index contributed by atoms with van der Waals surface area (Å²) >= 11 is 0.879. The Morgan fingerprint density at radius 1 is 1.17 bits per heavy atom. The molecule has 0 spiro atoms. The van der Waals surface area contributed by atoms with E-state index in [1.807, 2.05) is 12.1 Å². The molecule has 3 rings (SSSR count). The molecule has 0 radical (unpaired) electrons. The molecule has 2 aromatic carbocycles. The molecule has 1 nitrogen and oxygen atoms in total. The van der Waals surface area contributed by atoms with Crippen LogP contribution in [0.3, 0.4) is 0 Å². The molecular formula is C16H18OS. The van der Waals surface area contributed by atoms with Gasteiger partial charge in [-0.3, -0.25) is 0 Å². The molecule has 0 saturated heterocycles. The third kappa shape index (κ3) is 1.99. The van der Waals surface area contributed by atoms with Crippen LogP contribution in [0, 0.1) is 0 Å². The first-order chi connectivity index (χ1) is 9.96. The maximum Gasteiger partial charge on any atom is 0.133 e. The predicted molar refractivity (Wildman–Crippen MR) is 78.9 cm³/mol. The number of aryl methyl sites for hydroxylation is 2. The van der Waals surface area contributed by atoms with Crippen molar-refractivity contribution in [1.82, 2.24) is 0 Å². The van der Waals surface area contributed by atoms with Crippen LogP contribution >= 0.6 is 11.8 Å². The zero-order chi connectivity index (χ0) is 15.0. The van der Waals surface area contributed by atoms with Crippen LogP contribution in [0.15, 0.2) is 29.2 Å². The summed E-state index contributed by atoms with van der Waals surface area (Å²) < 4.78 is 27.7. The van der Waals surface area contributed by atoms with E-state index in [-0.39, 0.29) is 0 Å². The zero-order valence-corrected chi connectivity index (χ0v) is 11.3. The van der Waals surface area contributed by atoms with E-state index in [4.69, 9.17) is 8.85 Å². The van der Waals surface area contributed by atoms with Gasteiger partial charge in [-0.05, 0) is 65.9 Å². The fourth-order valence-electron chi connectivity index (χ4n) is 2.74. The molecule has 1 aliphatic carbocycles. The van der Waals surface area contributed by atoms with Crippen molar-refractivity contribution >= 4 is 22.5 Å². The van der Waals surface area contributed by atoms with Gasteiger partial charge in [0.25, 0.3) is 0 Å². The van der Waals surface area contributed by atoms with Gasteiger partial charge in [-0.25, -0.2) is 0 Å². The Morgan fingerprint density at radius 2 is 1.83 bits per heavy atom. The fraction of sp³-hybridized carbons (Fsp3) is 0.375. The number of thioether (sulfide) groups is 1. The van der Waals surface area contributed by atoms with E-state index >= 15 is 0 Å². The van der Waals surface area contributed by atoms with Crippen LogP contribution in [0.4, 0.5) is 0 Å². The SMILES string of the molecule is [1H][13C]([2H])([2H])Sc1cc2cc3c(cc2cc1OC)CCCC3. The number of benzene rings is 2. The molecule has 18 heavy (non-hydrogen) atoms. The standard InChI is InChI=1S/C16H18OS/c1-17-15-9-13-7-11-5-3-4-6-12(11)8-14(13)10-16(15)18-2/h7-10H,3-6H2,1-2H3/i2+1D2H. The molecular weight excluding hydrogens is 241 g/mol. The molecule has 0 fully saturated rings. The summed E-state index contributed by atoms with van der Waals surface area (Å²) in [5.41, 5.74) is 2.83. The van der Waals surface area contributed by atoms with Crippen molar-refractivity contribution in [3.63, 3.8) is 0 Å². The lowest BCUT2D eigenvalue weighted by atomic mass is 9.89. The highest BCUT2D eigenvalue weighted by Crippen LogP contribution is 2.34. The normalized spacial score (nSPS) is 17.7. The summed E-state index contributed by atoms with van der Waals surface area (Å²) in [5.74, 6) is 0.638. The molecule has 0 saturated carbocycles. The van der Waals surface area contributed by atoms with Crippen molar-refractivity contribution in [1.29, 1.82) is 0 Å². The molecule has 0 aromatic heterocycles. The monoisotopic (exact) mass is 261 g/mol. The lowest BCUT2D eigenvalue weighted by Crippen LogP contribution is -2.02. The summed E-state index contributed by atoms with van der Waals surface area (Å²) in [7, 11) is 1.59. The Hall–Kier alpha value is -1.15. The number of hydrogen-bond acceptors (Lipinski definition) is 2. The molecule has 94 valence electrons. The molecule has 0 unspecified atom stereocenters. The van der Waals surface area contributed by atoms with E-state index in [0.717, 1.165) is 35.4 Å². The van der Waals surface area contributed by atoms with Crippen molar-refractivity contribution in [2.75, 3.05) is 13.3 Å². The quantitative estimate of drug-likeness (QED) is 0.583. The van der Waals surface area contributed by atoms with E-state index in [0.29, 0.717) is 10.6 Å². The van der Waals surface area contributed by atoms with Gasteiger partial charge in [-0.1, -0.05) is 12.1 Å². The Labute approximate surface area is 117 Å². The number of ether oxygens (including phenoxy) is 1. The number of fused-ring (bicyclic) bond motifs is 2. The number of rotatable bonds is 2. The van der Waals surface area contributed by atoms with Crippen LogP contribution in [0.5, 0.6) is 5.75 Å². The van der Waals surface area contributed by atoms with E-state index in [2.05, 4.69) is 12.1 Å². The topological polar surface area (TPSA) is 9.23 Å². The minimum absolute atomic E-state index is 0.638. The molecule has 0 aliphatic heterocycles. The van der Waals surface area contributed by atoms with Crippen molar-refractivity contribution < 1.29 is 8.85 Å². The van der Waals surface area contributed by atoms with Gasteiger partial charge in [-0.15, -0.1) is 11.8 Å². The van der Waals surface area contributed by atoms with E-state index in [1.165, 1.54) is 24.0 Å². The first-order valence-electron chi connectivity index (χ1n) is 7.79. The molecule has 0 N–H and O–H groups in total. The van der Waals surface area contributed by atoms with Gasteiger partial charge in [0.05, 0.1) is 7.11 Å². The lowest BCUT2D eigenvalue weighted by molar-refractivity contribution is 0.405. The van der Waals surface area contributed by atoms with Gasteiger partial charge < -0.3 is 4.74 Å². The average Bonchev–Trinajstić information content (AvgIpc) is 2.42. The number of methoxy groups -OCH3 is 1. The van der Waals surface area contributed by atoms with Gasteiger partial charge in [-0.2, -0.15) is 0 Å². The molecule has 2 aromatic rings. The van der Waals surface area contributed by atoms with Gasteiger partial charge >= 0.3 is 0 Å². The molecule has 0 atom stereocenters. The largest absolute Gasteiger partial charge is 0.496 e. The van der Waals surface area contributed by atoms with Crippen LogP contribution in [0.25, 0.3) is 10.8 Å². The van der Waals surface area contributed by atoms with Crippen LogP contribution in [0.2, 0.25) is 0 Å². The van der Waals surface area contributed by atoms with Gasteiger partial charge in [0, 0.05) is 9.01 Å². The fourth-order valence-corrected chi connectivity index (χ4v) is 3.17. The Bertz CT molecular complexity index is 679. The molecule has 0 heterocycles. The summed E-state index contributed by atoms with van der Waals surface area (Å²) in [5, 5.41) is 2.23. The van der Waals surface area contributed by atoms with Crippen LogP contribution in [0.1, 0.15) is 28.1 Å². The van der Waals surface area contributed by atoms with Gasteiger partial charge in [0.15, 0.2) is 0 Å². The third-order valence-corrected chi connectivity index (χ3v) is 4.23. The lowest BCUT2D eigenvalue weighted by Gasteiger charge is -2.17. The van der Waals surface area contributed by atoms with E-state index in [9.17, 15) is 0 Å². The van der Waals surface area contributed by atoms with Crippen LogP contribution in [-0.2, 0) is 12.8 Å². The molecule has 0 amide bonds. The second kappa shape index (κ2) is 4.85. The summed E-state index contributed by atoms with van der Waals surface area (Å²) in [4.78, 5) is 0.681. The van der Waals surface area contributed by atoms with Crippen LogP contribution in [-0.4, -0.2) is 13.3 Å². The second-order valence-electron chi connectivity index (χ2n) is 4.78. The molecule has 2 heteroatoms. The van der Waals surface area contributed by atoms with Gasteiger partial charge in [0.2, 0.25) is 0 Å². The molecule has 1 aliphatic rings. The highest BCUT2D eigenvalue weighted by molar-refractivity contribution is 7.98.